The zero-order valence-electron chi connectivity index (χ0n) is 14.2. The lowest BCUT2D eigenvalue weighted by atomic mass is 10.2. The van der Waals surface area contributed by atoms with Gasteiger partial charge in [-0.1, -0.05) is 0 Å². The van der Waals surface area contributed by atoms with Gasteiger partial charge in [-0.05, 0) is 19.8 Å². The van der Waals surface area contributed by atoms with Crippen molar-refractivity contribution in [3.8, 4) is 0 Å². The fourth-order valence-electron chi connectivity index (χ4n) is 2.95. The molecule has 134 valence electrons. The zero-order valence-corrected chi connectivity index (χ0v) is 14.2. The number of aryl methyl sites for hydroxylation is 1. The van der Waals surface area contributed by atoms with Crippen molar-refractivity contribution in [2.45, 2.75) is 38.4 Å². The maximum atomic E-state index is 12.7. The van der Waals surface area contributed by atoms with E-state index in [2.05, 4.69) is 4.98 Å². The van der Waals surface area contributed by atoms with E-state index in [1.807, 2.05) is 0 Å². The molecule has 0 spiro atoms. The van der Waals surface area contributed by atoms with Gasteiger partial charge in [0.1, 0.15) is 12.6 Å². The lowest BCUT2D eigenvalue weighted by Crippen LogP contribution is -2.46. The molecule has 0 aliphatic heterocycles. The van der Waals surface area contributed by atoms with Crippen LogP contribution in [0.25, 0.3) is 11.2 Å². The summed E-state index contributed by atoms with van der Waals surface area (Å²) in [4.78, 5) is 53.7. The number of carbonyl (C=O) groups is 2. The van der Waals surface area contributed by atoms with Crippen LogP contribution in [0.1, 0.15) is 19.8 Å². The van der Waals surface area contributed by atoms with Crippen LogP contribution in [0.2, 0.25) is 0 Å². The molecule has 2 aromatic heterocycles. The SMILES string of the molecule is CC(C(=O)O)N(C(=O)Cn1cnc2c1c(=O)n(C)c(=O)n2C)C1CC1. The van der Waals surface area contributed by atoms with Crippen LogP contribution in [0.4, 0.5) is 0 Å². The van der Waals surface area contributed by atoms with Gasteiger partial charge in [-0.25, -0.2) is 14.6 Å². The quantitative estimate of drug-likeness (QED) is 0.732. The van der Waals surface area contributed by atoms with E-state index in [1.54, 1.807) is 0 Å². The Balaban J connectivity index is 2.01. The number of nitrogens with zero attached hydrogens (tertiary/aromatic N) is 5. The van der Waals surface area contributed by atoms with Crippen LogP contribution >= 0.6 is 0 Å². The molecule has 1 unspecified atom stereocenters. The minimum absolute atomic E-state index is 0.0828. The standard InChI is InChI=1S/C15H19N5O5/c1-8(14(23)24)20(9-4-5-9)10(21)6-19-7-16-12-11(19)13(22)18(3)15(25)17(12)2/h7-9H,4-6H2,1-3H3,(H,23,24). The number of aromatic nitrogens is 4. The fourth-order valence-corrected chi connectivity index (χ4v) is 2.95. The van der Waals surface area contributed by atoms with Crippen LogP contribution in [0.15, 0.2) is 15.9 Å². The van der Waals surface area contributed by atoms with E-state index in [0.29, 0.717) is 0 Å². The van der Waals surface area contributed by atoms with Crippen LogP contribution in [0, 0.1) is 0 Å². The van der Waals surface area contributed by atoms with E-state index in [1.165, 1.54) is 41.4 Å². The zero-order chi connectivity index (χ0) is 18.5. The Labute approximate surface area is 141 Å². The first-order valence-electron chi connectivity index (χ1n) is 7.88. The van der Waals surface area contributed by atoms with E-state index in [4.69, 9.17) is 0 Å². The summed E-state index contributed by atoms with van der Waals surface area (Å²) in [6, 6.07) is -1.03. The molecule has 25 heavy (non-hydrogen) atoms. The number of imidazole rings is 1. The van der Waals surface area contributed by atoms with Crippen molar-refractivity contribution in [2.24, 2.45) is 14.1 Å². The molecule has 2 heterocycles. The predicted octanol–water partition coefficient (Wildman–Crippen LogP) is -1.10. The van der Waals surface area contributed by atoms with Gasteiger partial charge in [0.05, 0.1) is 6.33 Å². The van der Waals surface area contributed by atoms with E-state index < -0.39 is 29.2 Å². The van der Waals surface area contributed by atoms with Gasteiger partial charge in [-0.2, -0.15) is 0 Å². The summed E-state index contributed by atoms with van der Waals surface area (Å²) >= 11 is 0. The molecule has 1 N–H and O–H groups in total. The molecule has 10 nitrogen and oxygen atoms in total. The van der Waals surface area contributed by atoms with Crippen LogP contribution in [0.5, 0.6) is 0 Å². The summed E-state index contributed by atoms with van der Waals surface area (Å²) in [6.45, 7) is 1.26. The average molecular weight is 349 g/mol. The van der Waals surface area contributed by atoms with Crippen LogP contribution < -0.4 is 11.2 Å². The number of carbonyl (C=O) groups excluding carboxylic acids is 1. The third-order valence-corrected chi connectivity index (χ3v) is 4.53. The number of aliphatic carboxylic acids is 1. The lowest BCUT2D eigenvalue weighted by molar-refractivity contribution is -0.150. The number of carboxylic acid groups (broad SMARTS) is 1. The summed E-state index contributed by atoms with van der Waals surface area (Å²) in [5.41, 5.74) is -0.734. The number of hydrogen-bond acceptors (Lipinski definition) is 5. The first kappa shape index (κ1) is 16.9. The molecule has 0 saturated heterocycles. The van der Waals surface area contributed by atoms with Gasteiger partial charge in [0, 0.05) is 20.1 Å². The normalized spacial score (nSPS) is 15.3. The van der Waals surface area contributed by atoms with Crippen LogP contribution in [0.3, 0.4) is 0 Å². The molecule has 1 aliphatic rings. The third kappa shape index (κ3) is 2.73. The Kier molecular flexibility index (Phi) is 3.97. The van der Waals surface area contributed by atoms with Crippen molar-refractivity contribution in [1.82, 2.24) is 23.6 Å². The molecule has 0 bridgehead atoms. The van der Waals surface area contributed by atoms with Crippen molar-refractivity contribution in [3.63, 3.8) is 0 Å². The van der Waals surface area contributed by atoms with Crippen LogP contribution in [-0.4, -0.2) is 52.7 Å². The molecule has 1 amide bonds. The van der Waals surface area contributed by atoms with Crippen molar-refractivity contribution < 1.29 is 14.7 Å². The van der Waals surface area contributed by atoms with Gasteiger partial charge in [0.15, 0.2) is 11.2 Å². The first-order valence-corrected chi connectivity index (χ1v) is 7.88. The van der Waals surface area contributed by atoms with E-state index in [0.717, 1.165) is 17.4 Å². The molecule has 1 aliphatic carbocycles. The average Bonchev–Trinajstić information content (AvgIpc) is 3.30. The van der Waals surface area contributed by atoms with Crippen molar-refractivity contribution in [2.75, 3.05) is 0 Å². The van der Waals surface area contributed by atoms with E-state index in [9.17, 15) is 24.3 Å². The van der Waals surface area contributed by atoms with E-state index >= 15 is 0 Å². The Morgan fingerprint density at radius 3 is 2.52 bits per heavy atom. The number of rotatable bonds is 5. The summed E-state index contributed by atoms with van der Waals surface area (Å²) in [7, 11) is 2.85. The minimum Gasteiger partial charge on any atom is -0.480 e. The van der Waals surface area contributed by atoms with Gasteiger partial charge in [0.2, 0.25) is 5.91 Å². The maximum absolute atomic E-state index is 12.7. The molecule has 10 heteroatoms. The predicted molar refractivity (Wildman–Crippen MR) is 87.2 cm³/mol. The summed E-state index contributed by atoms with van der Waals surface area (Å²) in [5.74, 6) is -1.47. The molecule has 1 fully saturated rings. The van der Waals surface area contributed by atoms with Crippen molar-refractivity contribution >= 4 is 23.0 Å². The van der Waals surface area contributed by atoms with Crippen molar-refractivity contribution in [3.05, 3.63) is 27.2 Å². The highest BCUT2D eigenvalue weighted by atomic mass is 16.4. The highest BCUT2D eigenvalue weighted by Crippen LogP contribution is 2.29. The molecule has 0 aromatic carbocycles. The number of carboxylic acids is 1. The third-order valence-electron chi connectivity index (χ3n) is 4.53. The summed E-state index contributed by atoms with van der Waals surface area (Å²) in [5, 5.41) is 9.22. The van der Waals surface area contributed by atoms with Crippen LogP contribution in [-0.2, 0) is 30.2 Å². The molecule has 1 atom stereocenters. The van der Waals surface area contributed by atoms with Gasteiger partial charge in [0.25, 0.3) is 5.56 Å². The Hall–Kier alpha value is -2.91. The highest BCUT2D eigenvalue weighted by molar-refractivity contribution is 5.85. The topological polar surface area (TPSA) is 119 Å². The van der Waals surface area contributed by atoms with Gasteiger partial charge >= 0.3 is 11.7 Å². The molecule has 2 aromatic rings. The molecule has 0 radical (unpaired) electrons. The first-order chi connectivity index (χ1) is 11.7. The molecular weight excluding hydrogens is 330 g/mol. The number of fused-ring (bicyclic) bond motifs is 1. The van der Waals surface area contributed by atoms with Gasteiger partial charge < -0.3 is 14.6 Å². The second-order valence-electron chi connectivity index (χ2n) is 6.30. The number of hydrogen-bond donors (Lipinski definition) is 1. The Morgan fingerprint density at radius 1 is 1.32 bits per heavy atom. The summed E-state index contributed by atoms with van der Waals surface area (Å²) in [6.07, 6.45) is 2.86. The Bertz CT molecular complexity index is 981. The lowest BCUT2D eigenvalue weighted by Gasteiger charge is -2.26. The van der Waals surface area contributed by atoms with Gasteiger partial charge in [-0.15, -0.1) is 0 Å². The Morgan fingerprint density at radius 2 is 1.96 bits per heavy atom. The smallest absolute Gasteiger partial charge is 0.332 e. The monoisotopic (exact) mass is 349 g/mol. The molecular formula is C15H19N5O5. The second kappa shape index (κ2) is 5.87. The summed E-state index contributed by atoms with van der Waals surface area (Å²) < 4.78 is 3.54. The van der Waals surface area contributed by atoms with E-state index in [-0.39, 0.29) is 23.8 Å². The fraction of sp³-hybridized carbons (Fsp3) is 0.533. The number of amides is 1. The van der Waals surface area contributed by atoms with Crippen molar-refractivity contribution in [1.29, 1.82) is 0 Å². The molecule has 3 rings (SSSR count). The molecule has 1 saturated carbocycles. The minimum atomic E-state index is -1.07. The van der Waals surface area contributed by atoms with Gasteiger partial charge in [-0.3, -0.25) is 18.7 Å². The second-order valence-corrected chi connectivity index (χ2v) is 6.30. The maximum Gasteiger partial charge on any atom is 0.332 e. The highest BCUT2D eigenvalue weighted by Gasteiger charge is 2.38. The largest absolute Gasteiger partial charge is 0.480 e.